The van der Waals surface area contributed by atoms with Crippen molar-refractivity contribution >= 4 is 23.8 Å². The van der Waals surface area contributed by atoms with E-state index in [0.717, 1.165) is 28.6 Å². The molecule has 0 aromatic heterocycles. The Morgan fingerprint density at radius 1 is 0.903 bits per heavy atom. The van der Waals surface area contributed by atoms with Crippen LogP contribution in [0.5, 0.6) is 0 Å². The van der Waals surface area contributed by atoms with Crippen LogP contribution in [0.2, 0.25) is 0 Å². The Balaban J connectivity index is 1.85. The van der Waals surface area contributed by atoms with E-state index in [1.54, 1.807) is 13.1 Å². The predicted octanol–water partition coefficient (Wildman–Crippen LogP) is 3.74. The highest BCUT2D eigenvalue weighted by Crippen LogP contribution is 2.40. The van der Waals surface area contributed by atoms with Crippen molar-refractivity contribution in [2.45, 2.75) is 17.8 Å². The number of methoxy groups -OCH3 is 1. The smallest absolute Gasteiger partial charge is 0.256 e. The summed E-state index contributed by atoms with van der Waals surface area (Å²) in [5.74, 6) is 1.53. The quantitative estimate of drug-likeness (QED) is 0.255. The van der Waals surface area contributed by atoms with Crippen LogP contribution in [0.25, 0.3) is 0 Å². The van der Waals surface area contributed by atoms with E-state index < -0.39 is 17.8 Å². The number of β-lactam (4-membered cyclic amide) rings is 1. The summed E-state index contributed by atoms with van der Waals surface area (Å²) in [6.07, 6.45) is -0.530. The van der Waals surface area contributed by atoms with Crippen LogP contribution >= 0.6 is 11.9 Å². The zero-order valence-electron chi connectivity index (χ0n) is 17.0. The number of hydrogen-bond acceptors (Lipinski definition) is 5. The lowest BCUT2D eigenvalue weighted by atomic mass is 9.76. The van der Waals surface area contributed by atoms with Gasteiger partial charge in [0.15, 0.2) is 6.23 Å². The molecule has 1 aliphatic rings. The number of nitrogens with one attached hydrogen (secondary N) is 1. The highest BCUT2D eigenvalue weighted by molar-refractivity contribution is 8.00. The summed E-state index contributed by atoms with van der Waals surface area (Å²) < 4.78 is 7.04. The molecule has 0 unspecified atom stereocenters. The standard InChI is InChI=1S/C25H22N2O3S/c1-30-24-22(23(29)27(24)31-18-17-28)26-25(19-11-5-2-6-12-19,20-13-7-3-8-14-20)21-15-9-4-10-16-21/h2-16,18,22,24,26H,1H3/t22-,24+/m0/s1. The van der Waals surface area contributed by atoms with Crippen LogP contribution in [0.1, 0.15) is 16.7 Å². The van der Waals surface area contributed by atoms with Crippen molar-refractivity contribution < 1.29 is 14.3 Å². The Labute approximate surface area is 185 Å². The molecule has 1 N–H and O–H groups in total. The third kappa shape index (κ3) is 3.82. The van der Waals surface area contributed by atoms with Gasteiger partial charge in [0.1, 0.15) is 12.0 Å². The van der Waals surface area contributed by atoms with Crippen molar-refractivity contribution in [3.8, 4) is 0 Å². The van der Waals surface area contributed by atoms with Crippen molar-refractivity contribution in [1.29, 1.82) is 0 Å². The molecule has 1 saturated heterocycles. The average molecular weight is 431 g/mol. The Kier molecular flexibility index (Phi) is 6.35. The highest BCUT2D eigenvalue weighted by Gasteiger charge is 2.52. The van der Waals surface area contributed by atoms with E-state index in [2.05, 4.69) is 41.7 Å². The summed E-state index contributed by atoms with van der Waals surface area (Å²) in [5.41, 5.74) is 2.25. The molecule has 1 fully saturated rings. The molecule has 3 aromatic rings. The summed E-state index contributed by atoms with van der Waals surface area (Å²) in [7, 11) is 1.55. The molecule has 31 heavy (non-hydrogen) atoms. The molecule has 1 amide bonds. The van der Waals surface area contributed by atoms with Gasteiger partial charge in [-0.2, -0.15) is 0 Å². The molecule has 0 radical (unpaired) electrons. The summed E-state index contributed by atoms with van der Waals surface area (Å²) >= 11 is 0.991. The van der Waals surface area contributed by atoms with Gasteiger partial charge in [0, 0.05) is 7.11 Å². The lowest BCUT2D eigenvalue weighted by molar-refractivity contribution is -0.162. The normalized spacial score (nSPS) is 18.2. The Bertz CT molecular complexity index is 973. The van der Waals surface area contributed by atoms with Crippen molar-refractivity contribution in [3.05, 3.63) is 113 Å². The molecule has 1 heterocycles. The minimum Gasteiger partial charge on any atom is -0.358 e. The Morgan fingerprint density at radius 2 is 1.35 bits per heavy atom. The van der Waals surface area contributed by atoms with Gasteiger partial charge >= 0.3 is 0 Å². The van der Waals surface area contributed by atoms with Crippen LogP contribution in [0.15, 0.2) is 96.4 Å². The molecule has 2 atom stereocenters. The second-order valence-electron chi connectivity index (χ2n) is 7.10. The minimum absolute atomic E-state index is 0.157. The van der Waals surface area contributed by atoms with E-state index >= 15 is 0 Å². The van der Waals surface area contributed by atoms with Gasteiger partial charge in [-0.05, 0) is 28.6 Å². The van der Waals surface area contributed by atoms with Crippen LogP contribution in [-0.2, 0) is 19.9 Å². The van der Waals surface area contributed by atoms with E-state index in [-0.39, 0.29) is 5.91 Å². The van der Waals surface area contributed by atoms with Gasteiger partial charge in [0.25, 0.3) is 5.91 Å². The van der Waals surface area contributed by atoms with Gasteiger partial charge in [-0.3, -0.25) is 14.4 Å². The van der Waals surface area contributed by atoms with Gasteiger partial charge in [-0.1, -0.05) is 91.0 Å². The maximum absolute atomic E-state index is 13.0. The van der Waals surface area contributed by atoms with Crippen molar-refractivity contribution in [2.24, 2.45) is 0 Å². The first kappa shape index (κ1) is 21.1. The lowest BCUT2D eigenvalue weighted by Crippen LogP contribution is -2.71. The zero-order valence-corrected chi connectivity index (χ0v) is 17.8. The number of hydrogen-bond donors (Lipinski definition) is 1. The monoisotopic (exact) mass is 430 g/mol. The van der Waals surface area contributed by atoms with Crippen LogP contribution in [0.3, 0.4) is 0 Å². The van der Waals surface area contributed by atoms with Crippen LogP contribution in [-0.4, -0.2) is 35.5 Å². The predicted molar refractivity (Wildman–Crippen MR) is 122 cm³/mol. The summed E-state index contributed by atoms with van der Waals surface area (Å²) in [6.45, 7) is 0. The van der Waals surface area contributed by atoms with E-state index in [4.69, 9.17) is 4.74 Å². The third-order valence-corrected chi connectivity index (χ3v) is 6.26. The minimum atomic E-state index is -0.780. The molecule has 4 rings (SSSR count). The number of benzene rings is 3. The fraction of sp³-hybridized carbons (Fsp3) is 0.160. The van der Waals surface area contributed by atoms with Crippen LogP contribution in [0, 0.1) is 0 Å². The zero-order chi connectivity index (χ0) is 21.7. The molecule has 0 bridgehead atoms. The third-order valence-electron chi connectivity index (χ3n) is 5.45. The van der Waals surface area contributed by atoms with E-state index in [1.807, 2.05) is 54.6 Å². The largest absolute Gasteiger partial charge is 0.358 e. The molecule has 3 aromatic carbocycles. The first-order valence-electron chi connectivity index (χ1n) is 9.88. The number of nitrogens with zero attached hydrogens (tertiary/aromatic N) is 1. The van der Waals surface area contributed by atoms with Gasteiger partial charge in [-0.15, -0.1) is 0 Å². The van der Waals surface area contributed by atoms with Gasteiger partial charge < -0.3 is 4.74 Å². The van der Waals surface area contributed by atoms with Crippen molar-refractivity contribution in [1.82, 2.24) is 9.62 Å². The molecule has 0 spiro atoms. The van der Waals surface area contributed by atoms with Gasteiger partial charge in [0.05, 0.1) is 10.9 Å². The summed E-state index contributed by atoms with van der Waals surface area (Å²) in [5, 5.41) is 4.84. The Morgan fingerprint density at radius 3 is 1.74 bits per heavy atom. The van der Waals surface area contributed by atoms with E-state index in [9.17, 15) is 9.59 Å². The SMILES string of the molecule is CO[C@@H]1[C@@H](NC(c2ccccc2)(c2ccccc2)c2ccccc2)C(=O)N1SC=C=O. The topological polar surface area (TPSA) is 58.6 Å². The van der Waals surface area contributed by atoms with Crippen LogP contribution < -0.4 is 5.32 Å². The number of carbonyl (C=O) groups is 1. The number of carbonyl (C=O) groups excluding carboxylic acids is 2. The maximum Gasteiger partial charge on any atom is 0.256 e. The average Bonchev–Trinajstić information content (AvgIpc) is 2.84. The van der Waals surface area contributed by atoms with Gasteiger partial charge in [-0.25, -0.2) is 4.79 Å². The maximum atomic E-state index is 13.0. The summed E-state index contributed by atoms with van der Waals surface area (Å²) in [6, 6.07) is 29.6. The molecule has 1 aliphatic heterocycles. The second-order valence-corrected chi connectivity index (χ2v) is 7.94. The first-order valence-corrected chi connectivity index (χ1v) is 10.7. The number of rotatable bonds is 8. The molecule has 0 saturated carbocycles. The van der Waals surface area contributed by atoms with Crippen molar-refractivity contribution in [2.75, 3.05) is 7.11 Å². The molecular formula is C25H22N2O3S. The number of ether oxygens (including phenoxy) is 1. The lowest BCUT2D eigenvalue weighted by Gasteiger charge is -2.49. The fourth-order valence-corrected chi connectivity index (χ4v) is 4.74. The molecule has 6 heteroatoms. The molecular weight excluding hydrogens is 408 g/mol. The van der Waals surface area contributed by atoms with Gasteiger partial charge in [0.2, 0.25) is 0 Å². The second kappa shape index (κ2) is 9.33. The molecule has 0 aliphatic carbocycles. The molecule has 5 nitrogen and oxygen atoms in total. The molecule has 156 valence electrons. The first-order chi connectivity index (χ1) is 15.2. The van der Waals surface area contributed by atoms with E-state index in [0.29, 0.717) is 0 Å². The van der Waals surface area contributed by atoms with Crippen molar-refractivity contribution in [3.63, 3.8) is 0 Å². The van der Waals surface area contributed by atoms with Crippen LogP contribution in [0.4, 0.5) is 0 Å². The summed E-state index contributed by atoms with van der Waals surface area (Å²) in [4.78, 5) is 23.6. The van der Waals surface area contributed by atoms with E-state index in [1.165, 1.54) is 9.71 Å². The number of amides is 1. The Hall–Kier alpha value is -3.15. The fourth-order valence-electron chi connectivity index (χ4n) is 4.04. The highest BCUT2D eigenvalue weighted by atomic mass is 32.2.